The summed E-state index contributed by atoms with van der Waals surface area (Å²) in [6.07, 6.45) is 9.00. The quantitative estimate of drug-likeness (QED) is 0.374. The van der Waals surface area contributed by atoms with Crippen molar-refractivity contribution in [1.82, 2.24) is 0 Å². The van der Waals surface area contributed by atoms with Gasteiger partial charge in [0.1, 0.15) is 6.20 Å². The summed E-state index contributed by atoms with van der Waals surface area (Å²) in [6, 6.07) is 0. The highest BCUT2D eigenvalue weighted by Gasteiger charge is 2.29. The number of nitrogens with two attached hydrogens (primary N) is 2. The molecule has 0 aromatic carbocycles. The molecule has 2 rings (SSSR count). The molecule has 0 amide bonds. The molecule has 0 saturated carbocycles. The van der Waals surface area contributed by atoms with Crippen LogP contribution in [0.25, 0.3) is 0 Å². The standard InChI is InChI=1S/C7H9N4/c8-7-5-11(9)3-1-2-6(11)4-10-7/h1-5H,8-9H2/q+1. The smallest absolute Gasteiger partial charge is 0.180 e. The van der Waals surface area contributed by atoms with E-state index in [9.17, 15) is 0 Å². The average Bonchev–Trinajstić information content (AvgIpc) is 2.28. The Bertz CT molecular complexity index is 310. The lowest BCUT2D eigenvalue weighted by Crippen LogP contribution is -2.44. The van der Waals surface area contributed by atoms with Crippen molar-refractivity contribution in [2.75, 3.05) is 0 Å². The Labute approximate surface area is 64.4 Å². The topological polar surface area (TPSA) is 64.4 Å². The maximum atomic E-state index is 5.89. The first-order valence-electron chi connectivity index (χ1n) is 3.30. The van der Waals surface area contributed by atoms with Gasteiger partial charge in [-0.2, -0.15) is 10.4 Å². The Morgan fingerprint density at radius 3 is 3.09 bits per heavy atom. The molecular weight excluding hydrogens is 140 g/mol. The second kappa shape index (κ2) is 1.81. The molecule has 0 aliphatic carbocycles. The lowest BCUT2D eigenvalue weighted by molar-refractivity contribution is -0.792. The largest absolute Gasteiger partial charge is 0.379 e. The van der Waals surface area contributed by atoms with Gasteiger partial charge >= 0.3 is 0 Å². The second-order valence-corrected chi connectivity index (χ2v) is 2.58. The second-order valence-electron chi connectivity index (χ2n) is 2.58. The predicted molar refractivity (Wildman–Crippen MR) is 42.4 cm³/mol. The average molecular weight is 149 g/mol. The summed E-state index contributed by atoms with van der Waals surface area (Å²) in [4.78, 5) is 3.93. The van der Waals surface area contributed by atoms with Crippen molar-refractivity contribution in [2.24, 2.45) is 16.6 Å². The van der Waals surface area contributed by atoms with Crippen LogP contribution in [0.4, 0.5) is 0 Å². The Balaban J connectivity index is 2.51. The Morgan fingerprint density at radius 2 is 2.27 bits per heavy atom. The van der Waals surface area contributed by atoms with Crippen molar-refractivity contribution in [1.29, 1.82) is 0 Å². The molecule has 4 nitrogen and oxygen atoms in total. The van der Waals surface area contributed by atoms with Crippen LogP contribution in [0.2, 0.25) is 0 Å². The van der Waals surface area contributed by atoms with E-state index in [2.05, 4.69) is 4.99 Å². The lowest BCUT2D eigenvalue weighted by atomic mass is 10.4. The maximum Gasteiger partial charge on any atom is 0.180 e. The van der Waals surface area contributed by atoms with Crippen molar-refractivity contribution in [3.8, 4) is 0 Å². The summed E-state index contributed by atoms with van der Waals surface area (Å²) in [5, 5.41) is 0. The third-order valence-electron chi connectivity index (χ3n) is 1.74. The Hall–Kier alpha value is -1.39. The molecular formula is C7H9N4+. The highest BCUT2D eigenvalue weighted by molar-refractivity contribution is 5.78. The van der Waals surface area contributed by atoms with Crippen LogP contribution in [0, 0.1) is 0 Å². The van der Waals surface area contributed by atoms with Gasteiger partial charge in [0.2, 0.25) is 0 Å². The fourth-order valence-electron chi connectivity index (χ4n) is 1.15. The van der Waals surface area contributed by atoms with Crippen LogP contribution < -0.4 is 11.6 Å². The molecule has 1 unspecified atom stereocenters. The molecule has 4 N–H and O–H groups in total. The molecule has 0 aromatic rings. The van der Waals surface area contributed by atoms with Crippen LogP contribution in [0.3, 0.4) is 0 Å². The van der Waals surface area contributed by atoms with Gasteiger partial charge < -0.3 is 5.73 Å². The van der Waals surface area contributed by atoms with Crippen LogP contribution in [-0.2, 0) is 0 Å². The summed E-state index contributed by atoms with van der Waals surface area (Å²) in [6.45, 7) is 0. The van der Waals surface area contributed by atoms with Gasteiger partial charge in [0.05, 0.1) is 6.21 Å². The molecule has 2 aliphatic heterocycles. The molecule has 0 radical (unpaired) electrons. The molecule has 0 spiro atoms. The fraction of sp³-hybridized carbons (Fsp3) is 0. The predicted octanol–water partition coefficient (Wildman–Crippen LogP) is -0.0699. The highest BCUT2D eigenvalue weighted by atomic mass is 15.6. The van der Waals surface area contributed by atoms with E-state index in [-0.39, 0.29) is 4.59 Å². The van der Waals surface area contributed by atoms with E-state index in [1.165, 1.54) is 0 Å². The Morgan fingerprint density at radius 1 is 1.45 bits per heavy atom. The minimum Gasteiger partial charge on any atom is -0.379 e. The number of hydrogen-bond acceptors (Lipinski definition) is 3. The van der Waals surface area contributed by atoms with Crippen LogP contribution in [0.15, 0.2) is 41.1 Å². The minimum atomic E-state index is 0.148. The first kappa shape index (κ1) is 6.33. The Kier molecular flexibility index (Phi) is 1.04. The third kappa shape index (κ3) is 0.806. The van der Waals surface area contributed by atoms with Crippen LogP contribution in [-0.4, -0.2) is 10.8 Å². The summed E-state index contributed by atoms with van der Waals surface area (Å²) < 4.78 is 0.148. The van der Waals surface area contributed by atoms with E-state index in [1.807, 2.05) is 18.4 Å². The van der Waals surface area contributed by atoms with Crippen LogP contribution >= 0.6 is 0 Å². The number of fused-ring (bicyclic) bond motifs is 1. The normalized spacial score (nSPS) is 33.2. The zero-order chi connectivity index (χ0) is 7.90. The van der Waals surface area contributed by atoms with Gasteiger partial charge in [0, 0.05) is 12.2 Å². The van der Waals surface area contributed by atoms with Crippen molar-refractivity contribution in [3.63, 3.8) is 0 Å². The highest BCUT2D eigenvalue weighted by Crippen LogP contribution is 2.21. The van der Waals surface area contributed by atoms with Crippen molar-refractivity contribution in [2.45, 2.75) is 0 Å². The summed E-state index contributed by atoms with van der Waals surface area (Å²) >= 11 is 0. The molecule has 56 valence electrons. The molecule has 0 saturated heterocycles. The van der Waals surface area contributed by atoms with Crippen LogP contribution in [0.5, 0.6) is 0 Å². The molecule has 0 bridgehead atoms. The zero-order valence-electron chi connectivity index (χ0n) is 5.94. The fourth-order valence-corrected chi connectivity index (χ4v) is 1.15. The van der Waals surface area contributed by atoms with E-state index in [0.29, 0.717) is 5.82 Å². The van der Waals surface area contributed by atoms with E-state index in [1.54, 1.807) is 12.4 Å². The maximum absolute atomic E-state index is 5.89. The molecule has 0 aromatic heterocycles. The number of nitrogens with zero attached hydrogens (tertiary/aromatic N) is 2. The molecule has 4 heteroatoms. The first-order valence-corrected chi connectivity index (χ1v) is 3.30. The van der Waals surface area contributed by atoms with Crippen LogP contribution in [0.1, 0.15) is 0 Å². The lowest BCUT2D eigenvalue weighted by Gasteiger charge is -2.23. The van der Waals surface area contributed by atoms with E-state index >= 15 is 0 Å². The van der Waals surface area contributed by atoms with E-state index < -0.39 is 0 Å². The van der Waals surface area contributed by atoms with Crippen molar-refractivity contribution in [3.05, 3.63) is 36.1 Å². The summed E-state index contributed by atoms with van der Waals surface area (Å²) in [5.74, 6) is 6.34. The summed E-state index contributed by atoms with van der Waals surface area (Å²) in [7, 11) is 0. The third-order valence-corrected chi connectivity index (χ3v) is 1.74. The molecule has 0 fully saturated rings. The SMILES string of the molecule is NC1=C[N+]2(N)C=CC=C2C=N1. The zero-order valence-corrected chi connectivity index (χ0v) is 5.94. The first-order chi connectivity index (χ1) is 5.21. The van der Waals surface area contributed by atoms with Gasteiger partial charge in [0.15, 0.2) is 17.7 Å². The molecule has 2 aliphatic rings. The number of allylic oxidation sites excluding steroid dienone is 3. The summed E-state index contributed by atoms with van der Waals surface area (Å²) in [5.41, 5.74) is 6.41. The van der Waals surface area contributed by atoms with Gasteiger partial charge in [-0.25, -0.2) is 4.99 Å². The number of hydrogen-bond donors (Lipinski definition) is 2. The van der Waals surface area contributed by atoms with Crippen molar-refractivity contribution >= 4 is 6.21 Å². The van der Waals surface area contributed by atoms with Crippen molar-refractivity contribution < 1.29 is 4.59 Å². The number of quaternary nitrogens is 1. The molecule has 1 atom stereocenters. The number of rotatable bonds is 0. The van der Waals surface area contributed by atoms with E-state index in [4.69, 9.17) is 11.6 Å². The minimum absolute atomic E-state index is 0.148. The molecule has 11 heavy (non-hydrogen) atoms. The monoisotopic (exact) mass is 149 g/mol. The molecule has 2 heterocycles. The number of aliphatic imine (C=N–C) groups is 1. The van der Waals surface area contributed by atoms with Gasteiger partial charge in [-0.05, 0) is 0 Å². The van der Waals surface area contributed by atoms with Gasteiger partial charge in [-0.1, -0.05) is 0 Å². The van der Waals surface area contributed by atoms with Gasteiger partial charge in [0.25, 0.3) is 0 Å². The van der Waals surface area contributed by atoms with E-state index in [0.717, 1.165) is 5.70 Å². The van der Waals surface area contributed by atoms with Gasteiger partial charge in [-0.3, -0.25) is 0 Å². The van der Waals surface area contributed by atoms with Gasteiger partial charge in [-0.15, -0.1) is 0 Å².